The van der Waals surface area contributed by atoms with Crippen LogP contribution in [0.5, 0.6) is 0 Å². The standard InChI is InChI=1S/C13H20O2/c1-3-10-8(2)9-6-11(10)13(7-9)4-5-15-12(13)14/h8-11H,3-7H2,1-2H3. The molecule has 0 aromatic rings. The van der Waals surface area contributed by atoms with Gasteiger partial charge in [0.15, 0.2) is 0 Å². The van der Waals surface area contributed by atoms with Crippen molar-refractivity contribution >= 4 is 5.97 Å². The number of hydrogen-bond acceptors (Lipinski definition) is 2. The van der Waals surface area contributed by atoms with E-state index in [1.54, 1.807) is 0 Å². The molecule has 2 saturated carbocycles. The molecule has 0 N–H and O–H groups in total. The summed E-state index contributed by atoms with van der Waals surface area (Å²) in [7, 11) is 0. The Morgan fingerprint density at radius 3 is 2.87 bits per heavy atom. The fraction of sp³-hybridized carbons (Fsp3) is 0.923. The molecule has 0 aromatic heterocycles. The van der Waals surface area contributed by atoms with Crippen molar-refractivity contribution in [3.8, 4) is 0 Å². The smallest absolute Gasteiger partial charge is 0.312 e. The van der Waals surface area contributed by atoms with Gasteiger partial charge in [0.1, 0.15) is 0 Å². The lowest BCUT2D eigenvalue weighted by Gasteiger charge is -2.38. The predicted molar refractivity (Wildman–Crippen MR) is 57.2 cm³/mol. The summed E-state index contributed by atoms with van der Waals surface area (Å²) < 4.78 is 5.23. The Kier molecular flexibility index (Phi) is 1.93. The molecule has 15 heavy (non-hydrogen) atoms. The van der Waals surface area contributed by atoms with E-state index in [-0.39, 0.29) is 11.4 Å². The summed E-state index contributed by atoms with van der Waals surface area (Å²) in [4.78, 5) is 11.9. The number of carbonyl (C=O) groups is 1. The second kappa shape index (κ2) is 2.99. The van der Waals surface area contributed by atoms with Gasteiger partial charge in [-0.15, -0.1) is 0 Å². The molecule has 5 unspecified atom stereocenters. The zero-order chi connectivity index (χ0) is 10.6. The van der Waals surface area contributed by atoms with E-state index in [1.807, 2.05) is 0 Å². The highest BCUT2D eigenvalue weighted by Gasteiger charge is 2.63. The number of hydrogen-bond donors (Lipinski definition) is 0. The van der Waals surface area contributed by atoms with Crippen LogP contribution >= 0.6 is 0 Å². The Bertz CT molecular complexity index is 299. The van der Waals surface area contributed by atoms with Crippen LogP contribution in [-0.4, -0.2) is 12.6 Å². The molecule has 3 fully saturated rings. The lowest BCUT2D eigenvalue weighted by molar-refractivity contribution is -0.150. The van der Waals surface area contributed by atoms with Crippen molar-refractivity contribution < 1.29 is 9.53 Å². The van der Waals surface area contributed by atoms with Gasteiger partial charge in [-0.05, 0) is 42.9 Å². The fourth-order valence-electron chi connectivity index (χ4n) is 4.71. The Labute approximate surface area is 91.4 Å². The van der Waals surface area contributed by atoms with E-state index in [2.05, 4.69) is 13.8 Å². The topological polar surface area (TPSA) is 26.3 Å². The summed E-state index contributed by atoms with van der Waals surface area (Å²) in [6.45, 7) is 5.33. The maximum Gasteiger partial charge on any atom is 0.312 e. The molecule has 0 radical (unpaired) electrons. The van der Waals surface area contributed by atoms with E-state index in [0.717, 1.165) is 30.6 Å². The first kappa shape index (κ1) is 9.68. The number of rotatable bonds is 1. The molecule has 1 saturated heterocycles. The molecule has 1 spiro atoms. The number of esters is 1. The lowest BCUT2D eigenvalue weighted by Crippen LogP contribution is -2.39. The molecule has 84 valence electrons. The highest BCUT2D eigenvalue weighted by molar-refractivity contribution is 5.79. The summed E-state index contributed by atoms with van der Waals surface area (Å²) in [5, 5.41) is 0. The van der Waals surface area contributed by atoms with Crippen molar-refractivity contribution in [1.82, 2.24) is 0 Å². The Balaban J connectivity index is 1.94. The molecule has 1 heterocycles. The van der Waals surface area contributed by atoms with Crippen molar-refractivity contribution in [2.24, 2.45) is 29.1 Å². The molecule has 0 aromatic carbocycles. The van der Waals surface area contributed by atoms with Crippen molar-refractivity contribution in [2.45, 2.75) is 39.5 Å². The van der Waals surface area contributed by atoms with E-state index in [0.29, 0.717) is 12.5 Å². The number of carbonyl (C=O) groups excluding carboxylic acids is 1. The SMILES string of the molecule is CCC1C(C)C2CC1C1(CCOC1=O)C2. The van der Waals surface area contributed by atoms with Gasteiger partial charge in [-0.2, -0.15) is 0 Å². The van der Waals surface area contributed by atoms with Crippen molar-refractivity contribution in [3.63, 3.8) is 0 Å². The molecular weight excluding hydrogens is 188 g/mol. The third-order valence-corrected chi connectivity index (χ3v) is 5.49. The Morgan fingerprint density at radius 1 is 1.53 bits per heavy atom. The van der Waals surface area contributed by atoms with Crippen LogP contribution in [0.15, 0.2) is 0 Å². The number of fused-ring (bicyclic) bond motifs is 3. The Morgan fingerprint density at radius 2 is 2.33 bits per heavy atom. The molecule has 3 rings (SSSR count). The predicted octanol–water partition coefficient (Wildman–Crippen LogP) is 2.62. The van der Waals surface area contributed by atoms with Crippen LogP contribution in [-0.2, 0) is 9.53 Å². The quantitative estimate of drug-likeness (QED) is 0.619. The van der Waals surface area contributed by atoms with E-state index in [1.165, 1.54) is 12.8 Å². The van der Waals surface area contributed by atoms with Crippen molar-refractivity contribution in [1.29, 1.82) is 0 Å². The fourth-order valence-corrected chi connectivity index (χ4v) is 4.71. The number of cyclic esters (lactones) is 1. The monoisotopic (exact) mass is 208 g/mol. The van der Waals surface area contributed by atoms with Gasteiger partial charge in [-0.1, -0.05) is 20.3 Å². The highest BCUT2D eigenvalue weighted by atomic mass is 16.5. The van der Waals surface area contributed by atoms with Gasteiger partial charge in [0.25, 0.3) is 0 Å². The molecule has 3 aliphatic rings. The van der Waals surface area contributed by atoms with E-state index in [4.69, 9.17) is 4.74 Å². The molecule has 2 aliphatic carbocycles. The minimum Gasteiger partial charge on any atom is -0.465 e. The van der Waals surface area contributed by atoms with Crippen molar-refractivity contribution in [2.75, 3.05) is 6.61 Å². The third-order valence-electron chi connectivity index (χ3n) is 5.49. The third kappa shape index (κ3) is 1.03. The first-order valence-corrected chi connectivity index (χ1v) is 6.36. The summed E-state index contributed by atoms with van der Waals surface area (Å²) in [6.07, 6.45) is 4.64. The minimum absolute atomic E-state index is 0.0438. The summed E-state index contributed by atoms with van der Waals surface area (Å²) in [5.41, 5.74) is -0.0438. The van der Waals surface area contributed by atoms with Crippen LogP contribution in [0, 0.1) is 29.1 Å². The summed E-state index contributed by atoms with van der Waals surface area (Å²) >= 11 is 0. The van der Waals surface area contributed by atoms with Crippen LogP contribution in [0.4, 0.5) is 0 Å². The Hall–Kier alpha value is -0.530. The van der Waals surface area contributed by atoms with E-state index >= 15 is 0 Å². The second-order valence-electron chi connectivity index (χ2n) is 5.78. The van der Waals surface area contributed by atoms with Gasteiger partial charge >= 0.3 is 5.97 Å². The van der Waals surface area contributed by atoms with Crippen LogP contribution in [0.1, 0.15) is 39.5 Å². The molecule has 1 aliphatic heterocycles. The van der Waals surface area contributed by atoms with Gasteiger partial charge in [0.2, 0.25) is 0 Å². The average molecular weight is 208 g/mol. The van der Waals surface area contributed by atoms with Gasteiger partial charge < -0.3 is 4.74 Å². The van der Waals surface area contributed by atoms with Crippen LogP contribution in [0.3, 0.4) is 0 Å². The van der Waals surface area contributed by atoms with Crippen LogP contribution in [0.25, 0.3) is 0 Å². The second-order valence-corrected chi connectivity index (χ2v) is 5.78. The summed E-state index contributed by atoms with van der Waals surface area (Å²) in [5.74, 6) is 3.16. The molecule has 0 amide bonds. The average Bonchev–Trinajstić information content (AvgIpc) is 2.84. The highest BCUT2D eigenvalue weighted by Crippen LogP contribution is 2.64. The molecule has 5 atom stereocenters. The lowest BCUT2D eigenvalue weighted by atomic mass is 9.64. The number of ether oxygens (including phenoxy) is 1. The maximum atomic E-state index is 11.9. The largest absolute Gasteiger partial charge is 0.465 e. The first-order chi connectivity index (χ1) is 7.19. The molecule has 2 nitrogen and oxygen atoms in total. The van der Waals surface area contributed by atoms with Gasteiger partial charge in [0, 0.05) is 0 Å². The van der Waals surface area contributed by atoms with Gasteiger partial charge in [0.05, 0.1) is 12.0 Å². The molecule has 2 heteroatoms. The zero-order valence-corrected chi connectivity index (χ0v) is 9.66. The first-order valence-electron chi connectivity index (χ1n) is 6.36. The van der Waals surface area contributed by atoms with Gasteiger partial charge in [-0.25, -0.2) is 0 Å². The van der Waals surface area contributed by atoms with E-state index < -0.39 is 0 Å². The summed E-state index contributed by atoms with van der Waals surface area (Å²) in [6, 6.07) is 0. The van der Waals surface area contributed by atoms with Crippen LogP contribution < -0.4 is 0 Å². The van der Waals surface area contributed by atoms with Crippen LogP contribution in [0.2, 0.25) is 0 Å². The minimum atomic E-state index is -0.0438. The normalized spacial score (nSPS) is 52.8. The zero-order valence-electron chi connectivity index (χ0n) is 9.66. The molecular formula is C13H20O2. The van der Waals surface area contributed by atoms with E-state index in [9.17, 15) is 4.79 Å². The maximum absolute atomic E-state index is 11.9. The van der Waals surface area contributed by atoms with Crippen molar-refractivity contribution in [3.05, 3.63) is 0 Å². The van der Waals surface area contributed by atoms with Gasteiger partial charge in [-0.3, -0.25) is 4.79 Å². The molecule has 2 bridgehead atoms.